The van der Waals surface area contributed by atoms with Crippen molar-refractivity contribution < 1.29 is 24.1 Å². The van der Waals surface area contributed by atoms with E-state index < -0.39 is 11.9 Å². The molecule has 14 heavy (non-hydrogen) atoms. The number of hydrogen-bond acceptors (Lipinski definition) is 4. The number of carbonyl (C=O) groups is 1. The Morgan fingerprint density at radius 3 is 1.93 bits per heavy atom. The van der Waals surface area contributed by atoms with Crippen molar-refractivity contribution in [1.82, 2.24) is 0 Å². The average Bonchev–Trinajstić information content (AvgIpc) is 2.14. The number of ether oxygens (including phenoxy) is 3. The van der Waals surface area contributed by atoms with Crippen LogP contribution in [0.3, 0.4) is 0 Å². The molecule has 0 saturated heterocycles. The van der Waals surface area contributed by atoms with Crippen molar-refractivity contribution in [1.29, 1.82) is 0 Å². The van der Waals surface area contributed by atoms with Gasteiger partial charge >= 0.3 is 11.9 Å². The number of carboxylic acid groups (broad SMARTS) is 1. The predicted octanol–water partition coefficient (Wildman–Crippen LogP) is 1.22. The molecule has 0 aromatic heterocycles. The van der Waals surface area contributed by atoms with Gasteiger partial charge in [-0.1, -0.05) is 6.92 Å². The van der Waals surface area contributed by atoms with Crippen molar-refractivity contribution in [3.05, 3.63) is 0 Å². The second kappa shape index (κ2) is 6.75. The Balaban J connectivity index is 4.46. The second-order valence-electron chi connectivity index (χ2n) is 2.58. The predicted molar refractivity (Wildman–Crippen MR) is 49.9 cm³/mol. The summed E-state index contributed by atoms with van der Waals surface area (Å²) in [6, 6.07) is 0. The summed E-state index contributed by atoms with van der Waals surface area (Å²) in [4.78, 5) is 10.9. The van der Waals surface area contributed by atoms with E-state index in [4.69, 9.17) is 19.3 Å². The monoisotopic (exact) mass is 206 g/mol. The van der Waals surface area contributed by atoms with Crippen LogP contribution in [0.2, 0.25) is 0 Å². The molecule has 0 bridgehead atoms. The molecule has 0 aliphatic carbocycles. The molecule has 0 atom stereocenters. The number of carboxylic acids is 1. The smallest absolute Gasteiger partial charge is 0.395 e. The molecule has 5 heteroatoms. The molecule has 0 fully saturated rings. The molecule has 0 spiro atoms. The molecule has 1 N–H and O–H groups in total. The van der Waals surface area contributed by atoms with Gasteiger partial charge in [-0.3, -0.25) is 0 Å². The highest BCUT2D eigenvalue weighted by Crippen LogP contribution is 2.16. The molecule has 0 rings (SSSR count). The van der Waals surface area contributed by atoms with Crippen molar-refractivity contribution in [3.63, 3.8) is 0 Å². The molecule has 0 saturated carbocycles. The minimum absolute atomic E-state index is 0.218. The minimum Gasteiger partial charge on any atom is -0.475 e. The highest BCUT2D eigenvalue weighted by Gasteiger charge is 2.42. The average molecular weight is 206 g/mol. The fraction of sp³-hybridized carbons (Fsp3) is 0.889. The van der Waals surface area contributed by atoms with Crippen LogP contribution in [0.25, 0.3) is 0 Å². The SMILES string of the molecule is CCCOC(OCC)(OCC)C(=O)O. The molecular weight excluding hydrogens is 188 g/mol. The summed E-state index contributed by atoms with van der Waals surface area (Å²) in [5, 5.41) is 8.94. The molecule has 84 valence electrons. The normalized spacial score (nSPS) is 11.6. The zero-order chi connectivity index (χ0) is 11.0. The lowest BCUT2D eigenvalue weighted by Crippen LogP contribution is -2.47. The van der Waals surface area contributed by atoms with E-state index in [2.05, 4.69) is 0 Å². The molecule has 0 aliphatic heterocycles. The molecule has 0 unspecified atom stereocenters. The van der Waals surface area contributed by atoms with Crippen LogP contribution in [0.4, 0.5) is 0 Å². The Labute approximate surface area is 84.0 Å². The summed E-state index contributed by atoms with van der Waals surface area (Å²) in [5.74, 6) is -3.19. The molecule has 0 aliphatic rings. The van der Waals surface area contributed by atoms with Gasteiger partial charge in [-0.05, 0) is 20.3 Å². The van der Waals surface area contributed by atoms with Gasteiger partial charge in [-0.25, -0.2) is 4.79 Å². The first-order valence-corrected chi connectivity index (χ1v) is 4.78. The van der Waals surface area contributed by atoms with Gasteiger partial charge in [0, 0.05) is 0 Å². The maximum atomic E-state index is 10.9. The molecule has 0 aromatic carbocycles. The summed E-state index contributed by atoms with van der Waals surface area (Å²) in [5.41, 5.74) is 0. The van der Waals surface area contributed by atoms with E-state index in [9.17, 15) is 4.79 Å². The van der Waals surface area contributed by atoms with Crippen molar-refractivity contribution >= 4 is 5.97 Å². The minimum atomic E-state index is -1.93. The van der Waals surface area contributed by atoms with Crippen LogP contribution >= 0.6 is 0 Å². The summed E-state index contributed by atoms with van der Waals surface area (Å²) >= 11 is 0. The fourth-order valence-corrected chi connectivity index (χ4v) is 0.927. The summed E-state index contributed by atoms with van der Waals surface area (Å²) in [7, 11) is 0. The second-order valence-corrected chi connectivity index (χ2v) is 2.58. The van der Waals surface area contributed by atoms with Crippen molar-refractivity contribution in [2.75, 3.05) is 19.8 Å². The molecule has 0 amide bonds. The standard InChI is InChI=1S/C9H18O5/c1-4-7-14-9(8(10)11,12-5-2)13-6-3/h4-7H2,1-3H3,(H,10,11). The third kappa shape index (κ3) is 3.61. The third-order valence-electron chi connectivity index (χ3n) is 1.43. The molecule has 0 heterocycles. The first-order chi connectivity index (χ1) is 6.63. The van der Waals surface area contributed by atoms with E-state index in [1.165, 1.54) is 0 Å². The summed E-state index contributed by atoms with van der Waals surface area (Å²) < 4.78 is 15.1. The van der Waals surface area contributed by atoms with Crippen LogP contribution in [0, 0.1) is 0 Å². The Morgan fingerprint density at radius 2 is 1.64 bits per heavy atom. The van der Waals surface area contributed by atoms with Crippen LogP contribution in [-0.4, -0.2) is 36.9 Å². The number of aliphatic carboxylic acids is 1. The summed E-state index contributed by atoms with van der Waals surface area (Å²) in [6.45, 7) is 5.97. The van der Waals surface area contributed by atoms with Crippen LogP contribution in [0.5, 0.6) is 0 Å². The van der Waals surface area contributed by atoms with Gasteiger partial charge in [-0.2, -0.15) is 0 Å². The Morgan fingerprint density at radius 1 is 1.14 bits per heavy atom. The topological polar surface area (TPSA) is 65.0 Å². The third-order valence-corrected chi connectivity index (χ3v) is 1.43. The quantitative estimate of drug-likeness (QED) is 0.605. The molecule has 0 aromatic rings. The highest BCUT2D eigenvalue weighted by molar-refractivity contribution is 5.73. The number of rotatable bonds is 8. The van der Waals surface area contributed by atoms with E-state index in [1.807, 2.05) is 6.92 Å². The number of hydrogen-bond donors (Lipinski definition) is 1. The Hall–Kier alpha value is -0.650. The lowest BCUT2D eigenvalue weighted by Gasteiger charge is -2.27. The summed E-state index contributed by atoms with van der Waals surface area (Å²) in [6.07, 6.45) is 0.704. The van der Waals surface area contributed by atoms with Gasteiger partial charge < -0.3 is 19.3 Å². The highest BCUT2D eigenvalue weighted by atomic mass is 16.9. The van der Waals surface area contributed by atoms with E-state index in [0.29, 0.717) is 6.42 Å². The van der Waals surface area contributed by atoms with Crippen LogP contribution in [0.1, 0.15) is 27.2 Å². The van der Waals surface area contributed by atoms with Crippen LogP contribution < -0.4 is 0 Å². The van der Waals surface area contributed by atoms with Crippen molar-refractivity contribution in [2.45, 2.75) is 33.2 Å². The first kappa shape index (κ1) is 13.4. The lowest BCUT2D eigenvalue weighted by atomic mass is 10.5. The maximum absolute atomic E-state index is 10.9. The van der Waals surface area contributed by atoms with E-state index in [-0.39, 0.29) is 19.8 Å². The van der Waals surface area contributed by atoms with Gasteiger partial charge in [0.1, 0.15) is 0 Å². The first-order valence-electron chi connectivity index (χ1n) is 4.78. The zero-order valence-electron chi connectivity index (χ0n) is 8.91. The van der Waals surface area contributed by atoms with E-state index in [0.717, 1.165) is 0 Å². The van der Waals surface area contributed by atoms with Gasteiger partial charge in [-0.15, -0.1) is 0 Å². The van der Waals surface area contributed by atoms with Crippen LogP contribution in [0.15, 0.2) is 0 Å². The largest absolute Gasteiger partial charge is 0.475 e. The van der Waals surface area contributed by atoms with Gasteiger partial charge in [0.25, 0.3) is 0 Å². The van der Waals surface area contributed by atoms with Crippen molar-refractivity contribution in [2.24, 2.45) is 0 Å². The Bertz CT molecular complexity index is 163. The van der Waals surface area contributed by atoms with Gasteiger partial charge in [0.15, 0.2) is 0 Å². The van der Waals surface area contributed by atoms with E-state index >= 15 is 0 Å². The molecule has 5 nitrogen and oxygen atoms in total. The van der Waals surface area contributed by atoms with Crippen LogP contribution in [-0.2, 0) is 19.0 Å². The lowest BCUT2D eigenvalue weighted by molar-refractivity contribution is -0.360. The fourth-order valence-electron chi connectivity index (χ4n) is 0.927. The molecular formula is C9H18O5. The Kier molecular flexibility index (Phi) is 6.44. The van der Waals surface area contributed by atoms with E-state index in [1.54, 1.807) is 13.8 Å². The zero-order valence-corrected chi connectivity index (χ0v) is 8.91. The van der Waals surface area contributed by atoms with Gasteiger partial charge in [0.05, 0.1) is 19.8 Å². The maximum Gasteiger partial charge on any atom is 0.395 e. The molecule has 0 radical (unpaired) electrons. The van der Waals surface area contributed by atoms with Gasteiger partial charge in [0.2, 0.25) is 0 Å². The van der Waals surface area contributed by atoms with Crippen molar-refractivity contribution in [3.8, 4) is 0 Å².